The number of carbonyl (C=O) groups is 3. The number of esters is 3. The van der Waals surface area contributed by atoms with Crippen LogP contribution < -0.4 is 0 Å². The highest BCUT2D eigenvalue weighted by Crippen LogP contribution is 2.44. The van der Waals surface area contributed by atoms with Crippen molar-refractivity contribution in [3.8, 4) is 0 Å². The van der Waals surface area contributed by atoms with Crippen LogP contribution in [-0.4, -0.2) is 44.3 Å². The van der Waals surface area contributed by atoms with Crippen molar-refractivity contribution in [2.75, 3.05) is 20.3 Å². The van der Waals surface area contributed by atoms with Gasteiger partial charge in [-0.15, -0.1) is 0 Å². The molecular formula is C16H24O7. The van der Waals surface area contributed by atoms with E-state index < -0.39 is 29.4 Å². The fourth-order valence-corrected chi connectivity index (χ4v) is 2.80. The maximum absolute atomic E-state index is 12.3. The van der Waals surface area contributed by atoms with Gasteiger partial charge in [0.15, 0.2) is 6.10 Å². The summed E-state index contributed by atoms with van der Waals surface area (Å²) >= 11 is 0. The molecular weight excluding hydrogens is 304 g/mol. The number of allylic oxidation sites excluding steroid dienone is 1. The van der Waals surface area contributed by atoms with Crippen molar-refractivity contribution in [2.45, 2.75) is 46.6 Å². The first-order valence-corrected chi connectivity index (χ1v) is 7.57. The molecule has 0 aromatic rings. The second-order valence-electron chi connectivity index (χ2n) is 5.53. The summed E-state index contributed by atoms with van der Waals surface area (Å²) in [4.78, 5) is 36.0. The molecule has 0 saturated carbocycles. The highest BCUT2D eigenvalue weighted by molar-refractivity contribution is 5.92. The van der Waals surface area contributed by atoms with Gasteiger partial charge < -0.3 is 18.9 Å². The van der Waals surface area contributed by atoms with Crippen LogP contribution in [0.2, 0.25) is 0 Å². The van der Waals surface area contributed by atoms with Crippen molar-refractivity contribution in [2.24, 2.45) is 5.41 Å². The number of carbonyl (C=O) groups excluding carboxylic acids is 3. The molecule has 0 aliphatic carbocycles. The van der Waals surface area contributed by atoms with E-state index in [1.807, 2.05) is 0 Å². The van der Waals surface area contributed by atoms with Crippen LogP contribution in [0.4, 0.5) is 0 Å². The molecule has 0 aromatic carbocycles. The molecule has 130 valence electrons. The van der Waals surface area contributed by atoms with Gasteiger partial charge in [-0.1, -0.05) is 6.92 Å². The SMILES string of the molecule is CCOC(=O)CC1(C)CC(C(=O)OC)OC(C)=C1C(=O)OCC. The zero-order valence-corrected chi connectivity index (χ0v) is 14.3. The van der Waals surface area contributed by atoms with E-state index in [0.29, 0.717) is 0 Å². The second-order valence-corrected chi connectivity index (χ2v) is 5.53. The fraction of sp³-hybridized carbons (Fsp3) is 0.688. The lowest BCUT2D eigenvalue weighted by Crippen LogP contribution is -2.42. The lowest BCUT2D eigenvalue weighted by Gasteiger charge is -2.38. The van der Waals surface area contributed by atoms with Crippen LogP contribution in [0.15, 0.2) is 11.3 Å². The van der Waals surface area contributed by atoms with Gasteiger partial charge in [0.05, 0.1) is 32.3 Å². The van der Waals surface area contributed by atoms with Gasteiger partial charge in [-0.3, -0.25) is 4.79 Å². The van der Waals surface area contributed by atoms with Crippen LogP contribution in [0.3, 0.4) is 0 Å². The lowest BCUT2D eigenvalue weighted by molar-refractivity contribution is -0.159. The quantitative estimate of drug-likeness (QED) is 0.542. The molecule has 0 N–H and O–H groups in total. The van der Waals surface area contributed by atoms with Crippen molar-refractivity contribution in [3.05, 3.63) is 11.3 Å². The molecule has 0 fully saturated rings. The third-order valence-electron chi connectivity index (χ3n) is 3.69. The van der Waals surface area contributed by atoms with Crippen molar-refractivity contribution in [1.82, 2.24) is 0 Å². The van der Waals surface area contributed by atoms with E-state index in [2.05, 4.69) is 0 Å². The molecule has 23 heavy (non-hydrogen) atoms. The van der Waals surface area contributed by atoms with Crippen LogP contribution >= 0.6 is 0 Å². The monoisotopic (exact) mass is 328 g/mol. The van der Waals surface area contributed by atoms with Gasteiger partial charge in [0, 0.05) is 11.8 Å². The minimum atomic E-state index is -0.931. The van der Waals surface area contributed by atoms with E-state index in [-0.39, 0.29) is 37.4 Å². The summed E-state index contributed by atoms with van der Waals surface area (Å²) in [6.07, 6.45) is -0.801. The van der Waals surface area contributed by atoms with Gasteiger partial charge in [0.25, 0.3) is 0 Å². The minimum absolute atomic E-state index is 0.0524. The lowest BCUT2D eigenvalue weighted by atomic mass is 9.72. The molecule has 0 aromatic heterocycles. The third kappa shape index (κ3) is 4.46. The van der Waals surface area contributed by atoms with E-state index in [1.165, 1.54) is 7.11 Å². The fourth-order valence-electron chi connectivity index (χ4n) is 2.80. The average Bonchev–Trinajstić information content (AvgIpc) is 2.45. The van der Waals surface area contributed by atoms with E-state index in [1.54, 1.807) is 27.7 Å². The topological polar surface area (TPSA) is 88.1 Å². The molecule has 0 bridgehead atoms. The molecule has 1 aliphatic rings. The van der Waals surface area contributed by atoms with Gasteiger partial charge in [-0.25, -0.2) is 9.59 Å². The maximum atomic E-state index is 12.3. The molecule has 0 amide bonds. The minimum Gasteiger partial charge on any atom is -0.483 e. The Kier molecular flexibility index (Phi) is 6.60. The van der Waals surface area contributed by atoms with Crippen LogP contribution in [0.5, 0.6) is 0 Å². The number of ether oxygens (including phenoxy) is 4. The van der Waals surface area contributed by atoms with Crippen molar-refractivity contribution < 1.29 is 33.3 Å². The summed E-state index contributed by atoms with van der Waals surface area (Å²) in [6.45, 7) is 7.13. The Morgan fingerprint density at radius 2 is 1.83 bits per heavy atom. The Morgan fingerprint density at radius 3 is 2.35 bits per heavy atom. The molecule has 2 atom stereocenters. The van der Waals surface area contributed by atoms with E-state index >= 15 is 0 Å². The Hall–Kier alpha value is -2.05. The van der Waals surface area contributed by atoms with E-state index in [9.17, 15) is 14.4 Å². The molecule has 1 heterocycles. The van der Waals surface area contributed by atoms with Gasteiger partial charge in [0.1, 0.15) is 5.76 Å². The predicted molar refractivity (Wildman–Crippen MR) is 80.2 cm³/mol. The number of rotatable bonds is 6. The summed E-state index contributed by atoms with van der Waals surface area (Å²) in [5.74, 6) is -1.30. The molecule has 0 radical (unpaired) electrons. The first-order chi connectivity index (χ1) is 10.8. The van der Waals surface area contributed by atoms with Gasteiger partial charge in [-0.2, -0.15) is 0 Å². The standard InChI is InChI=1S/C16H24O7/c1-6-21-12(17)9-16(4)8-11(14(18)20-5)23-10(3)13(16)15(19)22-7-2/h11H,6-9H2,1-5H3. The van der Waals surface area contributed by atoms with Gasteiger partial charge in [0.2, 0.25) is 0 Å². The largest absolute Gasteiger partial charge is 0.483 e. The number of hydrogen-bond acceptors (Lipinski definition) is 7. The highest BCUT2D eigenvalue weighted by atomic mass is 16.6. The maximum Gasteiger partial charge on any atom is 0.347 e. The van der Waals surface area contributed by atoms with Crippen LogP contribution in [0.1, 0.15) is 40.5 Å². The Bertz CT molecular complexity index is 509. The first kappa shape index (κ1) is 19.0. The Labute approximate surface area is 135 Å². The first-order valence-electron chi connectivity index (χ1n) is 7.57. The summed E-state index contributed by atoms with van der Waals surface area (Å²) < 4.78 is 20.3. The highest BCUT2D eigenvalue weighted by Gasteiger charge is 2.47. The van der Waals surface area contributed by atoms with E-state index in [0.717, 1.165) is 0 Å². The Morgan fingerprint density at radius 1 is 1.22 bits per heavy atom. The van der Waals surface area contributed by atoms with E-state index in [4.69, 9.17) is 18.9 Å². The smallest absolute Gasteiger partial charge is 0.347 e. The normalized spacial score (nSPS) is 23.8. The molecule has 7 heteroatoms. The van der Waals surface area contributed by atoms with Crippen LogP contribution in [0, 0.1) is 5.41 Å². The number of hydrogen-bond donors (Lipinski definition) is 0. The average molecular weight is 328 g/mol. The predicted octanol–water partition coefficient (Wildman–Crippen LogP) is 1.74. The summed E-state index contributed by atoms with van der Waals surface area (Å²) in [5.41, 5.74) is -0.674. The molecule has 1 rings (SSSR count). The number of methoxy groups -OCH3 is 1. The summed E-state index contributed by atoms with van der Waals surface area (Å²) in [7, 11) is 1.26. The third-order valence-corrected chi connectivity index (χ3v) is 3.69. The van der Waals surface area contributed by atoms with Gasteiger partial charge in [-0.05, 0) is 20.8 Å². The molecule has 0 spiro atoms. The summed E-state index contributed by atoms with van der Waals surface area (Å²) in [6, 6.07) is 0. The van der Waals surface area contributed by atoms with Crippen molar-refractivity contribution >= 4 is 17.9 Å². The van der Waals surface area contributed by atoms with Gasteiger partial charge >= 0.3 is 17.9 Å². The molecule has 1 aliphatic heterocycles. The van der Waals surface area contributed by atoms with Crippen LogP contribution in [-0.2, 0) is 33.3 Å². The zero-order valence-electron chi connectivity index (χ0n) is 14.3. The second kappa shape index (κ2) is 7.99. The zero-order chi connectivity index (χ0) is 17.6. The van der Waals surface area contributed by atoms with Crippen molar-refractivity contribution in [1.29, 1.82) is 0 Å². The van der Waals surface area contributed by atoms with Crippen molar-refractivity contribution in [3.63, 3.8) is 0 Å². The summed E-state index contributed by atoms with van der Waals surface area (Å²) in [5, 5.41) is 0. The molecule has 7 nitrogen and oxygen atoms in total. The van der Waals surface area contributed by atoms with Crippen LogP contribution in [0.25, 0.3) is 0 Å². The molecule has 0 saturated heterocycles. The Balaban J connectivity index is 3.20. The molecule has 2 unspecified atom stereocenters.